The van der Waals surface area contributed by atoms with Crippen LogP contribution in [0.1, 0.15) is 19.3 Å². The van der Waals surface area contributed by atoms with E-state index in [-0.39, 0.29) is 5.82 Å². The normalized spacial score (nSPS) is 29.5. The number of fused-ring (bicyclic) bond motifs is 1. The predicted molar refractivity (Wildman–Crippen MR) is 40.6 cm³/mol. The molecule has 0 bridgehead atoms. The van der Waals surface area contributed by atoms with Gasteiger partial charge < -0.3 is 4.32 Å². The molecule has 0 spiro atoms. The molecule has 10 heavy (non-hydrogen) atoms. The summed E-state index contributed by atoms with van der Waals surface area (Å²) in [5.74, 6) is 0.0686. The second-order valence-electron chi connectivity index (χ2n) is 2.95. The molecule has 0 N–H and O–H groups in total. The molecule has 0 heterocycles. The number of rotatable bonds is 1. The number of halogens is 1. The second-order valence-corrected chi connectivity index (χ2v) is 2.95. The predicted octanol–water partition coefficient (Wildman–Crippen LogP) is 2.41. The van der Waals surface area contributed by atoms with Gasteiger partial charge in [-0.25, -0.2) is 0 Å². The van der Waals surface area contributed by atoms with Crippen LogP contribution in [0.3, 0.4) is 0 Å². The first-order chi connectivity index (χ1) is 4.90. The zero-order chi connectivity index (χ0) is 6.97. The van der Waals surface area contributed by atoms with E-state index < -0.39 is 0 Å². The van der Waals surface area contributed by atoms with Gasteiger partial charge >= 0.3 is 7.56 Å². The molecule has 2 heteroatoms. The van der Waals surface area contributed by atoms with Crippen molar-refractivity contribution in [2.75, 3.05) is 0 Å². The molecule has 2 aliphatic rings. The van der Waals surface area contributed by atoms with Crippen LogP contribution in [0.25, 0.3) is 0 Å². The number of hydrogen-bond donors (Lipinski definition) is 0. The molecule has 1 atom stereocenters. The van der Waals surface area contributed by atoms with Gasteiger partial charge in [0.2, 0.25) is 0 Å². The number of hydrogen-bond acceptors (Lipinski definition) is 0. The summed E-state index contributed by atoms with van der Waals surface area (Å²) in [5, 5.41) is 0. The summed E-state index contributed by atoms with van der Waals surface area (Å²) in [6.45, 7) is 0. The summed E-state index contributed by atoms with van der Waals surface area (Å²) in [4.78, 5) is 0. The molecule has 1 saturated carbocycles. The smallest absolute Gasteiger partial charge is 0.342 e. The van der Waals surface area contributed by atoms with Gasteiger partial charge in [0.25, 0.3) is 0 Å². The summed E-state index contributed by atoms with van der Waals surface area (Å²) < 4.78 is 12.0. The highest BCUT2D eigenvalue weighted by Gasteiger charge is 2.22. The van der Waals surface area contributed by atoms with Crippen LogP contribution in [0.5, 0.6) is 0 Å². The van der Waals surface area contributed by atoms with E-state index in [9.17, 15) is 4.32 Å². The Morgan fingerprint density at radius 2 is 2.20 bits per heavy atom. The molecule has 0 aromatic rings. The lowest BCUT2D eigenvalue weighted by atomic mass is 9.70. The van der Waals surface area contributed by atoms with E-state index in [4.69, 9.17) is 0 Å². The van der Waals surface area contributed by atoms with E-state index >= 15 is 0 Å². The fourth-order valence-electron chi connectivity index (χ4n) is 1.53. The van der Waals surface area contributed by atoms with Crippen molar-refractivity contribution in [1.82, 2.24) is 0 Å². The molecule has 2 aliphatic carbocycles. The highest BCUT2D eigenvalue weighted by Crippen LogP contribution is 2.39. The Labute approximate surface area is 61.1 Å². The highest BCUT2D eigenvalue weighted by atomic mass is 19.1. The van der Waals surface area contributed by atoms with E-state index in [0.29, 0.717) is 0 Å². The first-order valence-electron chi connectivity index (χ1n) is 3.74. The van der Waals surface area contributed by atoms with Gasteiger partial charge in [-0.3, -0.25) is 0 Å². The Bertz CT molecular complexity index is 205. The quantitative estimate of drug-likeness (QED) is 0.484. The Hall–Kier alpha value is -0.525. The van der Waals surface area contributed by atoms with Crippen molar-refractivity contribution in [1.29, 1.82) is 0 Å². The minimum atomic E-state index is 0.0686. The topological polar surface area (TPSA) is 0 Å². The van der Waals surface area contributed by atoms with Gasteiger partial charge in [0.1, 0.15) is 0 Å². The third-order valence-corrected chi connectivity index (χ3v) is 2.29. The third kappa shape index (κ3) is 0.826. The van der Waals surface area contributed by atoms with Gasteiger partial charge in [-0.1, -0.05) is 12.2 Å². The van der Waals surface area contributed by atoms with Crippen LogP contribution in [0.15, 0.2) is 23.3 Å². The maximum absolute atomic E-state index is 12.0. The SMILES string of the molecule is F[B][C@@H]1C=C2CCC2=CC1. The van der Waals surface area contributed by atoms with Crippen LogP contribution in [0.4, 0.5) is 4.32 Å². The Morgan fingerprint density at radius 1 is 1.40 bits per heavy atom. The Kier molecular flexibility index (Phi) is 1.40. The molecular weight excluding hydrogens is 126 g/mol. The lowest BCUT2D eigenvalue weighted by Crippen LogP contribution is -2.10. The van der Waals surface area contributed by atoms with E-state index in [1.54, 1.807) is 0 Å². The van der Waals surface area contributed by atoms with E-state index in [2.05, 4.69) is 12.2 Å². The first-order valence-corrected chi connectivity index (χ1v) is 3.74. The molecule has 1 fully saturated rings. The van der Waals surface area contributed by atoms with Crippen molar-refractivity contribution < 1.29 is 4.32 Å². The van der Waals surface area contributed by atoms with Crippen molar-refractivity contribution in [2.45, 2.75) is 25.1 Å². The molecule has 2 rings (SSSR count). The van der Waals surface area contributed by atoms with Crippen molar-refractivity contribution in [3.8, 4) is 0 Å². The molecule has 0 aliphatic heterocycles. The fraction of sp³-hybridized carbons (Fsp3) is 0.500. The maximum Gasteiger partial charge on any atom is 0.362 e. The molecule has 0 aromatic heterocycles. The van der Waals surface area contributed by atoms with E-state index in [0.717, 1.165) is 20.4 Å². The van der Waals surface area contributed by atoms with E-state index in [1.807, 2.05) is 0 Å². The zero-order valence-electron chi connectivity index (χ0n) is 5.81. The molecule has 0 saturated heterocycles. The second kappa shape index (κ2) is 2.26. The van der Waals surface area contributed by atoms with Crippen molar-refractivity contribution in [2.24, 2.45) is 0 Å². The summed E-state index contributed by atoms with van der Waals surface area (Å²) >= 11 is 0. The molecular formula is C8H9BF. The highest BCUT2D eigenvalue weighted by molar-refractivity contribution is 6.29. The van der Waals surface area contributed by atoms with Crippen LogP contribution >= 0.6 is 0 Å². The molecule has 0 aromatic carbocycles. The minimum absolute atomic E-state index is 0.0686. The van der Waals surface area contributed by atoms with Gasteiger partial charge in [-0.15, -0.1) is 0 Å². The molecule has 0 unspecified atom stereocenters. The lowest BCUT2D eigenvalue weighted by Gasteiger charge is -2.27. The molecule has 0 nitrogen and oxygen atoms in total. The minimum Gasteiger partial charge on any atom is -0.342 e. The van der Waals surface area contributed by atoms with Gasteiger partial charge in [0.05, 0.1) is 0 Å². The average molecular weight is 135 g/mol. The first kappa shape index (κ1) is 6.20. The van der Waals surface area contributed by atoms with Crippen LogP contribution < -0.4 is 0 Å². The van der Waals surface area contributed by atoms with Gasteiger partial charge in [-0.2, -0.15) is 0 Å². The Morgan fingerprint density at radius 3 is 2.70 bits per heavy atom. The van der Waals surface area contributed by atoms with E-state index in [1.165, 1.54) is 17.6 Å². The largest absolute Gasteiger partial charge is 0.362 e. The van der Waals surface area contributed by atoms with Crippen LogP contribution in [0.2, 0.25) is 5.82 Å². The Balaban J connectivity index is 2.13. The summed E-state index contributed by atoms with van der Waals surface area (Å²) in [6, 6.07) is 0. The summed E-state index contributed by atoms with van der Waals surface area (Å²) in [6.07, 6.45) is 7.47. The van der Waals surface area contributed by atoms with Gasteiger partial charge in [0, 0.05) is 0 Å². The molecule has 1 radical (unpaired) electrons. The standard InChI is InChI=1S/C8H9BF/c10-9-8-4-3-6-1-2-7(6)5-8/h3,5,8H,1-2,4H2/t8-/m0/s1. The fourth-order valence-corrected chi connectivity index (χ4v) is 1.53. The van der Waals surface area contributed by atoms with Crippen molar-refractivity contribution >= 4 is 7.56 Å². The van der Waals surface area contributed by atoms with Gasteiger partial charge in [-0.05, 0) is 36.2 Å². The van der Waals surface area contributed by atoms with Crippen molar-refractivity contribution in [3.63, 3.8) is 0 Å². The molecule has 0 amide bonds. The summed E-state index contributed by atoms with van der Waals surface area (Å²) in [7, 11) is 0.790. The van der Waals surface area contributed by atoms with Crippen molar-refractivity contribution in [3.05, 3.63) is 23.3 Å². The van der Waals surface area contributed by atoms with Crippen LogP contribution in [-0.4, -0.2) is 7.56 Å². The maximum atomic E-state index is 12.0. The third-order valence-electron chi connectivity index (χ3n) is 2.29. The molecule has 51 valence electrons. The average Bonchev–Trinajstić information content (AvgIpc) is 1.92. The summed E-state index contributed by atoms with van der Waals surface area (Å²) in [5.41, 5.74) is 2.84. The monoisotopic (exact) mass is 135 g/mol. The van der Waals surface area contributed by atoms with Crippen LogP contribution in [-0.2, 0) is 0 Å². The number of allylic oxidation sites excluding steroid dienone is 4. The zero-order valence-corrected chi connectivity index (χ0v) is 5.81. The lowest BCUT2D eigenvalue weighted by molar-refractivity contribution is 0.750. The van der Waals surface area contributed by atoms with Crippen LogP contribution in [0, 0.1) is 0 Å². The van der Waals surface area contributed by atoms with Gasteiger partial charge in [0.15, 0.2) is 0 Å².